The number of hydrogen-bond donors (Lipinski definition) is 1. The molecule has 0 aliphatic carbocycles. The van der Waals surface area contributed by atoms with Crippen LogP contribution in [0.1, 0.15) is 33.0 Å². The molecule has 1 aromatic heterocycles. The maximum Gasteiger partial charge on any atom is 0.213 e. The van der Waals surface area contributed by atoms with Crippen LogP contribution in [0, 0.1) is 0 Å². The predicted molar refractivity (Wildman–Crippen MR) is 65.7 cm³/mol. The minimum atomic E-state index is 0.197. The van der Waals surface area contributed by atoms with E-state index in [1.54, 1.807) is 0 Å². The standard InChI is InChI=1S/C12H22N4O/c1-4-10-7-14-12(2,3)8-16(10)6-5-11-13-9-17-15-11/h9-10,14H,4-8H2,1-3H3. The van der Waals surface area contributed by atoms with Gasteiger partial charge in [-0.05, 0) is 20.3 Å². The number of hydrogen-bond acceptors (Lipinski definition) is 5. The summed E-state index contributed by atoms with van der Waals surface area (Å²) in [4.78, 5) is 6.60. The van der Waals surface area contributed by atoms with Crippen molar-refractivity contribution in [2.24, 2.45) is 0 Å². The largest absolute Gasteiger partial charge is 0.343 e. The Morgan fingerprint density at radius 3 is 3.06 bits per heavy atom. The summed E-state index contributed by atoms with van der Waals surface area (Å²) in [5, 5.41) is 7.45. The molecule has 96 valence electrons. The van der Waals surface area contributed by atoms with Crippen LogP contribution >= 0.6 is 0 Å². The Labute approximate surface area is 103 Å². The molecule has 0 spiro atoms. The third-order valence-electron chi connectivity index (χ3n) is 3.43. The molecule has 1 saturated heterocycles. The van der Waals surface area contributed by atoms with Crippen LogP contribution in [0.2, 0.25) is 0 Å². The first-order valence-electron chi connectivity index (χ1n) is 6.35. The lowest BCUT2D eigenvalue weighted by Crippen LogP contribution is -2.61. The third kappa shape index (κ3) is 3.26. The fourth-order valence-corrected chi connectivity index (χ4v) is 2.43. The molecule has 1 aromatic rings. The Balaban J connectivity index is 1.91. The number of piperazine rings is 1. The van der Waals surface area contributed by atoms with E-state index < -0.39 is 0 Å². The van der Waals surface area contributed by atoms with Crippen molar-refractivity contribution in [2.75, 3.05) is 19.6 Å². The van der Waals surface area contributed by atoms with Crippen LogP contribution in [0.4, 0.5) is 0 Å². The van der Waals surface area contributed by atoms with Crippen molar-refractivity contribution < 1.29 is 4.52 Å². The Kier molecular flexibility index (Phi) is 3.79. The lowest BCUT2D eigenvalue weighted by atomic mass is 9.97. The Morgan fingerprint density at radius 1 is 1.59 bits per heavy atom. The summed E-state index contributed by atoms with van der Waals surface area (Å²) in [6.07, 6.45) is 3.44. The minimum Gasteiger partial charge on any atom is -0.343 e. The van der Waals surface area contributed by atoms with Gasteiger partial charge in [-0.15, -0.1) is 0 Å². The lowest BCUT2D eigenvalue weighted by molar-refractivity contribution is 0.0932. The van der Waals surface area contributed by atoms with Gasteiger partial charge in [0.05, 0.1) is 0 Å². The highest BCUT2D eigenvalue weighted by molar-refractivity contribution is 4.93. The second kappa shape index (κ2) is 5.14. The van der Waals surface area contributed by atoms with Gasteiger partial charge >= 0.3 is 0 Å². The van der Waals surface area contributed by atoms with Crippen molar-refractivity contribution in [2.45, 2.75) is 45.2 Å². The van der Waals surface area contributed by atoms with E-state index in [-0.39, 0.29) is 5.54 Å². The zero-order chi connectivity index (χ0) is 12.3. The van der Waals surface area contributed by atoms with Gasteiger partial charge in [0.15, 0.2) is 5.82 Å². The monoisotopic (exact) mass is 238 g/mol. The van der Waals surface area contributed by atoms with Crippen molar-refractivity contribution in [3.05, 3.63) is 12.2 Å². The summed E-state index contributed by atoms with van der Waals surface area (Å²) >= 11 is 0. The van der Waals surface area contributed by atoms with Crippen LogP contribution in [0.15, 0.2) is 10.9 Å². The second-order valence-electron chi connectivity index (χ2n) is 5.39. The summed E-state index contributed by atoms with van der Waals surface area (Å²) in [6, 6.07) is 0.620. The molecule has 5 heteroatoms. The van der Waals surface area contributed by atoms with Crippen molar-refractivity contribution in [1.82, 2.24) is 20.4 Å². The fraction of sp³-hybridized carbons (Fsp3) is 0.833. The molecule has 5 nitrogen and oxygen atoms in total. The Hall–Kier alpha value is -0.940. The van der Waals surface area contributed by atoms with E-state index in [4.69, 9.17) is 4.52 Å². The molecule has 1 unspecified atom stereocenters. The normalized spacial score (nSPS) is 25.0. The number of nitrogens with one attached hydrogen (secondary N) is 1. The van der Waals surface area contributed by atoms with Crippen LogP contribution in [0.25, 0.3) is 0 Å². The van der Waals surface area contributed by atoms with Crippen molar-refractivity contribution in [3.8, 4) is 0 Å². The van der Waals surface area contributed by atoms with Gasteiger partial charge in [-0.3, -0.25) is 4.90 Å². The topological polar surface area (TPSA) is 54.2 Å². The third-order valence-corrected chi connectivity index (χ3v) is 3.43. The van der Waals surface area contributed by atoms with Gasteiger partial charge in [-0.1, -0.05) is 12.1 Å². The Bertz CT molecular complexity index is 336. The molecular weight excluding hydrogens is 216 g/mol. The van der Waals surface area contributed by atoms with Gasteiger partial charge in [0, 0.05) is 37.6 Å². The molecule has 1 fully saturated rings. The molecule has 1 atom stereocenters. The van der Waals surface area contributed by atoms with Gasteiger partial charge < -0.3 is 9.84 Å². The highest BCUT2D eigenvalue weighted by Crippen LogP contribution is 2.17. The van der Waals surface area contributed by atoms with Gasteiger partial charge in [0.25, 0.3) is 0 Å². The van der Waals surface area contributed by atoms with Crippen molar-refractivity contribution in [3.63, 3.8) is 0 Å². The number of nitrogens with zero attached hydrogens (tertiary/aromatic N) is 3. The summed E-state index contributed by atoms with van der Waals surface area (Å²) < 4.78 is 4.76. The minimum absolute atomic E-state index is 0.197. The molecule has 17 heavy (non-hydrogen) atoms. The second-order valence-corrected chi connectivity index (χ2v) is 5.39. The quantitative estimate of drug-likeness (QED) is 0.850. The molecule has 1 N–H and O–H groups in total. The summed E-state index contributed by atoms with van der Waals surface area (Å²) in [5.41, 5.74) is 0.197. The number of aromatic nitrogens is 2. The summed E-state index contributed by atoms with van der Waals surface area (Å²) in [5.74, 6) is 0.802. The van der Waals surface area contributed by atoms with Crippen LogP contribution in [-0.4, -0.2) is 46.3 Å². The first-order valence-corrected chi connectivity index (χ1v) is 6.35. The summed E-state index contributed by atoms with van der Waals surface area (Å²) in [7, 11) is 0. The molecule has 0 aromatic carbocycles. The molecule has 2 heterocycles. The SMILES string of the molecule is CCC1CNC(C)(C)CN1CCc1ncon1. The Morgan fingerprint density at radius 2 is 2.41 bits per heavy atom. The van der Waals surface area contributed by atoms with Gasteiger partial charge in [-0.25, -0.2) is 0 Å². The average molecular weight is 238 g/mol. The predicted octanol–water partition coefficient (Wildman–Crippen LogP) is 1.07. The first kappa shape index (κ1) is 12.5. The van der Waals surface area contributed by atoms with Gasteiger partial charge in [0.2, 0.25) is 6.39 Å². The molecule has 0 saturated carbocycles. The van der Waals surface area contributed by atoms with Crippen LogP contribution in [0.5, 0.6) is 0 Å². The van der Waals surface area contributed by atoms with Crippen molar-refractivity contribution >= 4 is 0 Å². The maximum absolute atomic E-state index is 4.76. The molecular formula is C12H22N4O. The lowest BCUT2D eigenvalue weighted by Gasteiger charge is -2.44. The molecule has 2 rings (SSSR count). The van der Waals surface area contributed by atoms with E-state index in [0.29, 0.717) is 6.04 Å². The number of rotatable bonds is 4. The zero-order valence-corrected chi connectivity index (χ0v) is 10.9. The van der Waals surface area contributed by atoms with E-state index in [0.717, 1.165) is 31.9 Å². The molecule has 0 radical (unpaired) electrons. The maximum atomic E-state index is 4.76. The van der Waals surface area contributed by atoms with E-state index >= 15 is 0 Å². The first-order chi connectivity index (χ1) is 8.11. The molecule has 1 aliphatic heterocycles. The van der Waals surface area contributed by atoms with E-state index in [1.165, 1.54) is 12.8 Å². The summed E-state index contributed by atoms with van der Waals surface area (Å²) in [6.45, 7) is 9.88. The molecule has 0 bridgehead atoms. The van der Waals surface area contributed by atoms with E-state index in [1.807, 2.05) is 0 Å². The van der Waals surface area contributed by atoms with Crippen LogP contribution < -0.4 is 5.32 Å². The van der Waals surface area contributed by atoms with E-state index in [9.17, 15) is 0 Å². The van der Waals surface area contributed by atoms with Gasteiger partial charge in [-0.2, -0.15) is 4.98 Å². The fourth-order valence-electron chi connectivity index (χ4n) is 2.43. The van der Waals surface area contributed by atoms with Gasteiger partial charge in [0.1, 0.15) is 0 Å². The van der Waals surface area contributed by atoms with Crippen molar-refractivity contribution in [1.29, 1.82) is 0 Å². The smallest absolute Gasteiger partial charge is 0.213 e. The zero-order valence-electron chi connectivity index (χ0n) is 10.9. The highest BCUT2D eigenvalue weighted by Gasteiger charge is 2.31. The van der Waals surface area contributed by atoms with Crippen LogP contribution in [-0.2, 0) is 6.42 Å². The van der Waals surface area contributed by atoms with E-state index in [2.05, 4.69) is 41.1 Å². The molecule has 0 amide bonds. The molecule has 1 aliphatic rings. The average Bonchev–Trinajstić information content (AvgIpc) is 2.78. The highest BCUT2D eigenvalue weighted by atomic mass is 16.5. The van der Waals surface area contributed by atoms with Crippen LogP contribution in [0.3, 0.4) is 0 Å².